The number of carbonyl (C=O) groups is 1. The third kappa shape index (κ3) is 2.74. The predicted molar refractivity (Wildman–Crippen MR) is 86.2 cm³/mol. The number of nitrogens with one attached hydrogen (secondary N) is 1. The van der Waals surface area contributed by atoms with Gasteiger partial charge >= 0.3 is 0 Å². The standard InChI is InChI=1S/C14H9BrCl2N2O2/c15-8-4-7-10(19-14(20)13(7)18)5-12(8)21-11-2-1-6(16)3-9(11)17/h1-5,13H,18H2,(H,19,20). The molecule has 2 aromatic carbocycles. The molecule has 0 saturated carbocycles. The summed E-state index contributed by atoms with van der Waals surface area (Å²) in [6.07, 6.45) is 0. The molecule has 2 aromatic rings. The maximum atomic E-state index is 11.6. The topological polar surface area (TPSA) is 64.4 Å². The Morgan fingerprint density at radius 1 is 1.19 bits per heavy atom. The van der Waals surface area contributed by atoms with Crippen LogP contribution in [0.2, 0.25) is 10.0 Å². The van der Waals surface area contributed by atoms with Crippen LogP contribution in [-0.4, -0.2) is 5.91 Å². The Bertz CT molecular complexity index is 752. The first kappa shape index (κ1) is 14.7. The Morgan fingerprint density at radius 2 is 1.95 bits per heavy atom. The van der Waals surface area contributed by atoms with Gasteiger partial charge in [-0.15, -0.1) is 0 Å². The van der Waals surface area contributed by atoms with Gasteiger partial charge in [-0.3, -0.25) is 4.79 Å². The van der Waals surface area contributed by atoms with Crippen molar-refractivity contribution in [1.29, 1.82) is 0 Å². The lowest BCUT2D eigenvalue weighted by atomic mass is 10.1. The second-order valence-electron chi connectivity index (χ2n) is 4.51. The van der Waals surface area contributed by atoms with Crippen LogP contribution in [0.4, 0.5) is 5.69 Å². The Kier molecular flexibility index (Phi) is 3.84. The summed E-state index contributed by atoms with van der Waals surface area (Å²) in [5.41, 5.74) is 7.15. The Morgan fingerprint density at radius 3 is 2.67 bits per heavy atom. The van der Waals surface area contributed by atoms with E-state index in [-0.39, 0.29) is 5.91 Å². The molecule has 1 atom stereocenters. The van der Waals surface area contributed by atoms with Gasteiger partial charge in [0.05, 0.1) is 9.50 Å². The van der Waals surface area contributed by atoms with E-state index in [2.05, 4.69) is 21.2 Å². The highest BCUT2D eigenvalue weighted by atomic mass is 79.9. The molecule has 1 aliphatic heterocycles. The summed E-state index contributed by atoms with van der Waals surface area (Å²) in [6, 6.07) is 7.75. The summed E-state index contributed by atoms with van der Waals surface area (Å²) in [5, 5.41) is 3.63. The zero-order chi connectivity index (χ0) is 15.1. The smallest absolute Gasteiger partial charge is 0.245 e. The van der Waals surface area contributed by atoms with Crippen molar-refractivity contribution < 1.29 is 9.53 Å². The predicted octanol–water partition coefficient (Wildman–Crippen LogP) is 4.50. The number of amides is 1. The Hall–Kier alpha value is -1.27. The lowest BCUT2D eigenvalue weighted by Crippen LogP contribution is -2.19. The molecule has 0 fully saturated rings. The normalized spacial score (nSPS) is 16.6. The molecular formula is C14H9BrCl2N2O2. The zero-order valence-corrected chi connectivity index (χ0v) is 13.6. The maximum Gasteiger partial charge on any atom is 0.245 e. The van der Waals surface area contributed by atoms with E-state index in [1.54, 1.807) is 30.3 Å². The van der Waals surface area contributed by atoms with E-state index in [0.29, 0.717) is 31.7 Å². The van der Waals surface area contributed by atoms with Crippen LogP contribution < -0.4 is 15.8 Å². The molecule has 1 heterocycles. The second kappa shape index (κ2) is 5.50. The van der Waals surface area contributed by atoms with Gasteiger partial charge in [0.1, 0.15) is 17.5 Å². The van der Waals surface area contributed by atoms with Gasteiger partial charge in [-0.25, -0.2) is 0 Å². The van der Waals surface area contributed by atoms with Crippen LogP contribution in [0.25, 0.3) is 0 Å². The molecule has 21 heavy (non-hydrogen) atoms. The first-order chi connectivity index (χ1) is 9.95. The van der Waals surface area contributed by atoms with Gasteiger partial charge in [0.25, 0.3) is 0 Å². The fraction of sp³-hybridized carbons (Fsp3) is 0.0714. The molecule has 7 heteroatoms. The van der Waals surface area contributed by atoms with Crippen molar-refractivity contribution in [2.24, 2.45) is 5.73 Å². The van der Waals surface area contributed by atoms with Crippen LogP contribution in [0.3, 0.4) is 0 Å². The van der Waals surface area contributed by atoms with Crippen LogP contribution >= 0.6 is 39.1 Å². The van der Waals surface area contributed by atoms with Crippen LogP contribution in [-0.2, 0) is 4.79 Å². The Balaban J connectivity index is 1.97. The van der Waals surface area contributed by atoms with Gasteiger partial charge in [0.15, 0.2) is 0 Å². The molecule has 0 aromatic heterocycles. The van der Waals surface area contributed by atoms with Crippen molar-refractivity contribution in [3.8, 4) is 11.5 Å². The average Bonchev–Trinajstić information content (AvgIpc) is 2.69. The lowest BCUT2D eigenvalue weighted by molar-refractivity contribution is -0.116. The van der Waals surface area contributed by atoms with Gasteiger partial charge in [0.2, 0.25) is 5.91 Å². The van der Waals surface area contributed by atoms with Crippen LogP contribution in [0.1, 0.15) is 11.6 Å². The molecule has 0 radical (unpaired) electrons. The maximum absolute atomic E-state index is 11.6. The summed E-state index contributed by atoms with van der Waals surface area (Å²) < 4.78 is 6.44. The Labute approximate surface area is 139 Å². The summed E-state index contributed by atoms with van der Waals surface area (Å²) in [5.74, 6) is 0.751. The van der Waals surface area contributed by atoms with E-state index in [0.717, 1.165) is 5.56 Å². The molecule has 4 nitrogen and oxygen atoms in total. The molecule has 1 unspecified atom stereocenters. The fourth-order valence-electron chi connectivity index (χ4n) is 2.04. The number of rotatable bonds is 2. The molecule has 3 rings (SSSR count). The third-order valence-corrected chi connectivity index (χ3v) is 4.24. The number of nitrogens with two attached hydrogens (primary N) is 1. The number of hydrogen-bond acceptors (Lipinski definition) is 3. The number of hydrogen-bond donors (Lipinski definition) is 2. The zero-order valence-electron chi connectivity index (χ0n) is 10.5. The van der Waals surface area contributed by atoms with E-state index >= 15 is 0 Å². The molecule has 0 bridgehead atoms. The average molecular weight is 388 g/mol. The highest BCUT2D eigenvalue weighted by molar-refractivity contribution is 9.10. The number of ether oxygens (including phenoxy) is 1. The first-order valence-electron chi connectivity index (χ1n) is 5.98. The molecule has 0 spiro atoms. The molecule has 1 aliphatic rings. The molecule has 108 valence electrons. The summed E-state index contributed by atoms with van der Waals surface area (Å²) >= 11 is 15.3. The summed E-state index contributed by atoms with van der Waals surface area (Å²) in [4.78, 5) is 11.6. The van der Waals surface area contributed by atoms with Crippen LogP contribution in [0.15, 0.2) is 34.8 Å². The minimum absolute atomic E-state index is 0.237. The summed E-state index contributed by atoms with van der Waals surface area (Å²) in [7, 11) is 0. The highest BCUT2D eigenvalue weighted by Gasteiger charge is 2.28. The SMILES string of the molecule is NC1C(=O)Nc2cc(Oc3ccc(Cl)cc3Cl)c(Br)cc21. The monoisotopic (exact) mass is 386 g/mol. The van der Waals surface area contributed by atoms with E-state index in [1.165, 1.54) is 0 Å². The first-order valence-corrected chi connectivity index (χ1v) is 7.53. The van der Waals surface area contributed by atoms with Crippen molar-refractivity contribution >= 4 is 50.7 Å². The van der Waals surface area contributed by atoms with Crippen molar-refractivity contribution in [3.63, 3.8) is 0 Å². The van der Waals surface area contributed by atoms with Crippen molar-refractivity contribution in [1.82, 2.24) is 0 Å². The number of halogens is 3. The molecular weight excluding hydrogens is 379 g/mol. The van der Waals surface area contributed by atoms with Crippen molar-refractivity contribution in [2.45, 2.75) is 6.04 Å². The number of anilines is 1. The van der Waals surface area contributed by atoms with E-state index in [9.17, 15) is 4.79 Å². The molecule has 3 N–H and O–H groups in total. The second-order valence-corrected chi connectivity index (χ2v) is 6.21. The molecule has 0 aliphatic carbocycles. The van der Waals surface area contributed by atoms with E-state index in [1.807, 2.05) is 0 Å². The lowest BCUT2D eigenvalue weighted by Gasteiger charge is -2.11. The fourth-order valence-corrected chi connectivity index (χ4v) is 2.93. The molecule has 1 amide bonds. The minimum Gasteiger partial charge on any atom is -0.455 e. The van der Waals surface area contributed by atoms with E-state index in [4.69, 9.17) is 33.7 Å². The number of carbonyl (C=O) groups excluding carboxylic acids is 1. The van der Waals surface area contributed by atoms with Gasteiger partial charge in [-0.05, 0) is 40.2 Å². The minimum atomic E-state index is -0.663. The van der Waals surface area contributed by atoms with Gasteiger partial charge in [-0.2, -0.15) is 0 Å². The van der Waals surface area contributed by atoms with Crippen molar-refractivity contribution in [2.75, 3.05) is 5.32 Å². The van der Waals surface area contributed by atoms with Crippen LogP contribution in [0, 0.1) is 0 Å². The van der Waals surface area contributed by atoms with Gasteiger partial charge in [-0.1, -0.05) is 23.2 Å². The molecule has 0 saturated heterocycles. The quantitative estimate of drug-likeness (QED) is 0.797. The van der Waals surface area contributed by atoms with Crippen molar-refractivity contribution in [3.05, 3.63) is 50.4 Å². The largest absolute Gasteiger partial charge is 0.455 e. The van der Waals surface area contributed by atoms with Gasteiger partial charge in [0, 0.05) is 22.3 Å². The van der Waals surface area contributed by atoms with E-state index < -0.39 is 6.04 Å². The van der Waals surface area contributed by atoms with Gasteiger partial charge < -0.3 is 15.8 Å². The third-order valence-electron chi connectivity index (χ3n) is 3.09. The highest BCUT2D eigenvalue weighted by Crippen LogP contribution is 2.41. The summed E-state index contributed by atoms with van der Waals surface area (Å²) in [6.45, 7) is 0. The number of benzene rings is 2. The van der Waals surface area contributed by atoms with Crippen LogP contribution in [0.5, 0.6) is 11.5 Å². The number of fused-ring (bicyclic) bond motifs is 1.